The molecule has 0 saturated carbocycles. The normalized spacial score (nSPS) is 22.2. The topological polar surface area (TPSA) is 190 Å². The molecule has 17 heteroatoms. The number of amides is 3. The predicted octanol–water partition coefficient (Wildman–Crippen LogP) is 4.07. The van der Waals surface area contributed by atoms with Gasteiger partial charge in [0.25, 0.3) is 21.9 Å². The fourth-order valence-electron chi connectivity index (χ4n) is 7.24. The Balaban J connectivity index is 1.15. The van der Waals surface area contributed by atoms with Crippen LogP contribution >= 0.6 is 7.14 Å². The van der Waals surface area contributed by atoms with Crippen molar-refractivity contribution in [2.24, 2.45) is 0 Å². The second-order valence-corrected chi connectivity index (χ2v) is 18.4. The highest BCUT2D eigenvalue weighted by atomic mass is 32.2. The molecule has 0 bridgehead atoms. The van der Waals surface area contributed by atoms with Crippen molar-refractivity contribution >= 4 is 46.4 Å². The predicted molar refractivity (Wildman–Crippen MR) is 194 cm³/mol. The van der Waals surface area contributed by atoms with Crippen molar-refractivity contribution in [2.75, 3.05) is 69.6 Å². The Morgan fingerprint density at radius 3 is 1.94 bits per heavy atom. The number of nitrogens with one attached hydrogen (secondary N) is 2. The largest absolute Gasteiger partial charge is 0.493 e. The summed E-state index contributed by atoms with van der Waals surface area (Å²) in [5.41, 5.74) is 2.34. The van der Waals surface area contributed by atoms with Gasteiger partial charge in [0.05, 0.1) is 63.1 Å². The molecule has 0 aromatic heterocycles. The summed E-state index contributed by atoms with van der Waals surface area (Å²) in [4.78, 5) is 42.7. The first kappa shape index (κ1) is 37.2. The van der Waals surface area contributed by atoms with Gasteiger partial charge in [0.1, 0.15) is 6.04 Å². The number of ether oxygens (including phenoxy) is 4. The molecule has 0 spiro atoms. The van der Waals surface area contributed by atoms with Crippen molar-refractivity contribution in [1.82, 2.24) is 9.80 Å². The van der Waals surface area contributed by atoms with E-state index in [1.807, 2.05) is 6.92 Å². The van der Waals surface area contributed by atoms with E-state index in [0.717, 1.165) is 5.57 Å². The van der Waals surface area contributed by atoms with Crippen LogP contribution in [0.25, 0.3) is 0 Å². The van der Waals surface area contributed by atoms with Gasteiger partial charge < -0.3 is 43.9 Å². The molecule has 4 heterocycles. The van der Waals surface area contributed by atoms with Crippen molar-refractivity contribution in [3.8, 4) is 23.0 Å². The van der Waals surface area contributed by atoms with Crippen molar-refractivity contribution in [3.05, 3.63) is 59.7 Å². The first-order chi connectivity index (χ1) is 24.7. The highest BCUT2D eigenvalue weighted by Crippen LogP contribution is 2.47. The van der Waals surface area contributed by atoms with Gasteiger partial charge in [-0.05, 0) is 31.4 Å². The average molecular weight is 759 g/mol. The van der Waals surface area contributed by atoms with Gasteiger partial charge in [-0.1, -0.05) is 31.2 Å². The van der Waals surface area contributed by atoms with Crippen molar-refractivity contribution in [3.63, 3.8) is 0 Å². The SMILES string of the molecule is C=C1C[C@H]2C(=O)Nc3cc(OCCP(=O)(CCC)CCOc4cc5c(cc4OC)C(=O)N4CC(=C)C[C@H]4C(S(=O)(=O)O)N5)c(OC)cc3C(=O)N2C1. The second-order valence-electron chi connectivity index (χ2n) is 13.4. The lowest BCUT2D eigenvalue weighted by Crippen LogP contribution is -2.47. The van der Waals surface area contributed by atoms with E-state index in [0.29, 0.717) is 36.8 Å². The Bertz CT molecular complexity index is 2000. The molecule has 280 valence electrons. The molecule has 15 nitrogen and oxygen atoms in total. The van der Waals surface area contributed by atoms with Crippen LogP contribution in [0.3, 0.4) is 0 Å². The summed E-state index contributed by atoms with van der Waals surface area (Å²) in [5, 5.41) is 4.17. The van der Waals surface area contributed by atoms with Crippen LogP contribution < -0.4 is 29.6 Å². The van der Waals surface area contributed by atoms with Gasteiger partial charge in [-0.3, -0.25) is 18.9 Å². The zero-order valence-electron chi connectivity index (χ0n) is 29.3. The third kappa shape index (κ3) is 7.24. The van der Waals surface area contributed by atoms with E-state index in [4.69, 9.17) is 18.9 Å². The summed E-state index contributed by atoms with van der Waals surface area (Å²) < 4.78 is 72.1. The summed E-state index contributed by atoms with van der Waals surface area (Å²) in [7, 11) is -4.64. The van der Waals surface area contributed by atoms with Crippen molar-refractivity contribution < 1.29 is 50.9 Å². The Kier molecular flexibility index (Phi) is 10.4. The van der Waals surface area contributed by atoms with Crippen LogP contribution in [0.15, 0.2) is 48.6 Å². The van der Waals surface area contributed by atoms with Crippen LogP contribution in [0.5, 0.6) is 23.0 Å². The van der Waals surface area contributed by atoms with Crippen LogP contribution in [-0.2, 0) is 19.5 Å². The Hall–Kier alpha value is -4.53. The lowest BCUT2D eigenvalue weighted by molar-refractivity contribution is -0.119. The molecule has 2 fully saturated rings. The van der Waals surface area contributed by atoms with Crippen molar-refractivity contribution in [2.45, 2.75) is 43.6 Å². The highest BCUT2D eigenvalue weighted by molar-refractivity contribution is 7.86. The molecule has 3 amide bonds. The van der Waals surface area contributed by atoms with Gasteiger partial charge in [-0.15, -0.1) is 0 Å². The molecule has 0 aliphatic carbocycles. The Morgan fingerprint density at radius 1 is 0.827 bits per heavy atom. The maximum Gasteiger partial charge on any atom is 0.288 e. The quantitative estimate of drug-likeness (QED) is 0.151. The van der Waals surface area contributed by atoms with E-state index < -0.39 is 40.6 Å². The number of hydrogen-bond acceptors (Lipinski definition) is 11. The number of fused-ring (bicyclic) bond motifs is 4. The van der Waals surface area contributed by atoms with E-state index in [9.17, 15) is 31.9 Å². The van der Waals surface area contributed by atoms with Gasteiger partial charge >= 0.3 is 0 Å². The van der Waals surface area contributed by atoms with E-state index in [1.165, 1.54) is 42.2 Å². The molecular weight excluding hydrogens is 715 g/mol. The number of carbonyl (C=O) groups excluding carboxylic acids is 3. The zero-order chi connectivity index (χ0) is 37.5. The maximum atomic E-state index is 14.1. The molecule has 4 aliphatic rings. The molecule has 0 radical (unpaired) electrons. The minimum Gasteiger partial charge on any atom is -0.493 e. The zero-order valence-corrected chi connectivity index (χ0v) is 31.0. The minimum absolute atomic E-state index is 0.0110. The minimum atomic E-state index is -4.63. The fourth-order valence-corrected chi connectivity index (χ4v) is 10.5. The van der Waals surface area contributed by atoms with Crippen LogP contribution in [0.1, 0.15) is 46.9 Å². The third-order valence-corrected chi connectivity index (χ3v) is 14.1. The van der Waals surface area contributed by atoms with E-state index in [1.54, 1.807) is 6.07 Å². The molecule has 2 unspecified atom stereocenters. The highest BCUT2D eigenvalue weighted by Gasteiger charge is 2.46. The number of carbonyl (C=O) groups is 3. The van der Waals surface area contributed by atoms with Gasteiger partial charge in [0.15, 0.2) is 28.4 Å². The molecule has 2 aromatic carbocycles. The molecule has 4 atom stereocenters. The average Bonchev–Trinajstić information content (AvgIpc) is 3.63. The van der Waals surface area contributed by atoms with Crippen LogP contribution in [-0.4, -0.2) is 117 Å². The number of benzene rings is 2. The molecule has 2 saturated heterocycles. The van der Waals surface area contributed by atoms with Gasteiger partial charge in [0, 0.05) is 43.7 Å². The summed E-state index contributed by atoms with van der Waals surface area (Å²) >= 11 is 0. The monoisotopic (exact) mass is 758 g/mol. The first-order valence-corrected chi connectivity index (χ1v) is 20.7. The lowest BCUT2D eigenvalue weighted by Gasteiger charge is -2.26. The Labute approximate surface area is 302 Å². The summed E-state index contributed by atoms with van der Waals surface area (Å²) in [6.07, 6.45) is 2.04. The van der Waals surface area contributed by atoms with E-state index >= 15 is 0 Å². The van der Waals surface area contributed by atoms with Gasteiger partial charge in [-0.2, -0.15) is 8.42 Å². The molecule has 6 rings (SSSR count). The molecule has 4 aliphatic heterocycles. The van der Waals surface area contributed by atoms with Crippen molar-refractivity contribution in [1.29, 1.82) is 0 Å². The number of rotatable bonds is 13. The summed E-state index contributed by atoms with van der Waals surface area (Å²) in [6.45, 7) is 10.3. The molecular formula is C35H43N4O11PS. The number of hydrogen-bond donors (Lipinski definition) is 3. The number of nitrogens with zero attached hydrogens (tertiary/aromatic N) is 2. The Morgan fingerprint density at radius 2 is 1.37 bits per heavy atom. The molecule has 3 N–H and O–H groups in total. The van der Waals surface area contributed by atoms with E-state index in [2.05, 4.69) is 23.8 Å². The standard InChI is InChI=1S/C35H43N4O11PS/c1-6-9-51(43,10-7-49-30-16-24-22(14-28(30)47-4)34(41)38-18-20(2)12-26(38)32(40)36-24)11-8-50-31-17-25-23(15-29(31)48-5)35(42)39-19-21(3)13-27(39)33(37-25)52(44,45)46/h14-17,26-27,33,37H,2-3,6-13,18-19H2,1,4-5H3,(H,36,40)(H,44,45,46)/t26-,27-,33?,51?/m0/s1. The lowest BCUT2D eigenvalue weighted by atomic mass is 10.1. The van der Waals surface area contributed by atoms with Gasteiger partial charge in [-0.25, -0.2) is 0 Å². The molecule has 2 aromatic rings. The fraction of sp³-hybridized carbons (Fsp3) is 0.457. The first-order valence-electron chi connectivity index (χ1n) is 16.9. The van der Waals surface area contributed by atoms with E-state index in [-0.39, 0.29) is 90.1 Å². The number of methoxy groups -OCH3 is 2. The van der Waals surface area contributed by atoms with Crippen LogP contribution in [0.2, 0.25) is 0 Å². The second kappa shape index (κ2) is 14.5. The van der Waals surface area contributed by atoms with Gasteiger partial charge in [0.2, 0.25) is 5.91 Å². The molecule has 52 heavy (non-hydrogen) atoms. The maximum absolute atomic E-state index is 14.1. The number of anilines is 2. The van der Waals surface area contributed by atoms with Crippen LogP contribution in [0, 0.1) is 0 Å². The summed E-state index contributed by atoms with van der Waals surface area (Å²) in [6, 6.07) is 4.49. The third-order valence-electron chi connectivity index (χ3n) is 9.81. The van der Waals surface area contributed by atoms with Crippen LogP contribution in [0.4, 0.5) is 11.4 Å². The summed E-state index contributed by atoms with van der Waals surface area (Å²) in [5.74, 6) is -0.0897. The smallest absolute Gasteiger partial charge is 0.288 e.